The monoisotopic (exact) mass is 432 g/mol. The zero-order valence-electron chi connectivity index (χ0n) is 17.6. The van der Waals surface area contributed by atoms with Gasteiger partial charge in [-0.2, -0.15) is 18.2 Å². The fourth-order valence-electron chi connectivity index (χ4n) is 2.78. The van der Waals surface area contributed by atoms with Gasteiger partial charge >= 0.3 is 6.18 Å². The van der Waals surface area contributed by atoms with Crippen LogP contribution in [0.4, 0.5) is 36.3 Å². The van der Waals surface area contributed by atoms with Crippen LogP contribution in [0.3, 0.4) is 0 Å². The summed E-state index contributed by atoms with van der Waals surface area (Å²) in [6.45, 7) is 3.85. The molecule has 0 aliphatic rings. The fraction of sp³-hybridized carbons (Fsp3) is 0.273. The maximum absolute atomic E-state index is 13.5. The lowest BCUT2D eigenvalue weighted by molar-refractivity contribution is -0.137. The topological polar surface area (TPSA) is 59.5 Å². The molecule has 3 rings (SSSR count). The lowest BCUT2D eigenvalue weighted by atomic mass is 10.2. The van der Waals surface area contributed by atoms with Crippen molar-refractivity contribution in [3.63, 3.8) is 0 Å². The van der Waals surface area contributed by atoms with E-state index in [2.05, 4.69) is 15.3 Å². The highest BCUT2D eigenvalue weighted by molar-refractivity contribution is 5.64. The van der Waals surface area contributed by atoms with E-state index in [0.29, 0.717) is 22.9 Å². The van der Waals surface area contributed by atoms with E-state index in [1.807, 2.05) is 13.8 Å². The van der Waals surface area contributed by atoms with E-state index in [0.717, 1.165) is 6.20 Å². The van der Waals surface area contributed by atoms with Gasteiger partial charge in [-0.3, -0.25) is 0 Å². The van der Waals surface area contributed by atoms with Crippen molar-refractivity contribution >= 4 is 23.1 Å². The molecule has 0 radical (unpaired) electrons. The summed E-state index contributed by atoms with van der Waals surface area (Å²) in [6, 6.07) is 13.6. The molecule has 0 bridgehead atoms. The standard InChI is InChI=1S/C22H23F3N4O2/c1-14(2)31-18-11-7-16(8-12-18)29(3)21-26-13-19(22(23,24)25)20(28-21)27-15-5-9-17(30-4)10-6-15/h5-14H,1-4H3,(H,26,27,28). The SMILES string of the molecule is COc1ccc(Nc2nc(N(C)c3ccc(OC(C)C)cc3)ncc2C(F)(F)F)cc1. The molecule has 0 fully saturated rings. The summed E-state index contributed by atoms with van der Waals surface area (Å²) in [5.41, 5.74) is 0.182. The first kappa shape index (κ1) is 22.2. The minimum atomic E-state index is -4.61. The van der Waals surface area contributed by atoms with Crippen molar-refractivity contribution in [2.75, 3.05) is 24.4 Å². The molecule has 0 spiro atoms. The minimum absolute atomic E-state index is 0.0356. The van der Waals surface area contributed by atoms with Crippen LogP contribution >= 0.6 is 0 Å². The predicted molar refractivity (Wildman–Crippen MR) is 114 cm³/mol. The second-order valence-electron chi connectivity index (χ2n) is 7.00. The van der Waals surface area contributed by atoms with Gasteiger partial charge in [0.2, 0.25) is 5.95 Å². The van der Waals surface area contributed by atoms with E-state index >= 15 is 0 Å². The molecule has 164 valence electrons. The van der Waals surface area contributed by atoms with Crippen molar-refractivity contribution in [3.8, 4) is 11.5 Å². The maximum atomic E-state index is 13.5. The second-order valence-corrected chi connectivity index (χ2v) is 7.00. The van der Waals surface area contributed by atoms with Gasteiger partial charge in [0.05, 0.1) is 13.2 Å². The Balaban J connectivity index is 1.91. The number of hydrogen-bond acceptors (Lipinski definition) is 6. The number of halogens is 3. The summed E-state index contributed by atoms with van der Waals surface area (Å²) >= 11 is 0. The number of rotatable bonds is 7. The third-order valence-corrected chi connectivity index (χ3v) is 4.33. The largest absolute Gasteiger partial charge is 0.497 e. The normalized spacial score (nSPS) is 11.4. The van der Waals surface area contributed by atoms with Gasteiger partial charge in [0.15, 0.2) is 0 Å². The molecule has 1 N–H and O–H groups in total. The van der Waals surface area contributed by atoms with E-state index in [-0.39, 0.29) is 17.9 Å². The molecular weight excluding hydrogens is 409 g/mol. The van der Waals surface area contributed by atoms with Crippen LogP contribution in [0, 0.1) is 0 Å². The van der Waals surface area contributed by atoms with Crippen LogP contribution in [-0.2, 0) is 6.18 Å². The molecule has 0 amide bonds. The molecule has 0 saturated heterocycles. The summed E-state index contributed by atoms with van der Waals surface area (Å²) in [5.74, 6) is 1.06. The Bertz CT molecular complexity index is 1010. The van der Waals surface area contributed by atoms with Gasteiger partial charge in [-0.25, -0.2) is 4.98 Å². The molecule has 0 atom stereocenters. The molecular formula is C22H23F3N4O2. The third kappa shape index (κ3) is 5.56. The van der Waals surface area contributed by atoms with Crippen molar-refractivity contribution in [1.29, 1.82) is 0 Å². The first-order chi connectivity index (χ1) is 14.7. The molecule has 0 aliphatic carbocycles. The van der Waals surface area contributed by atoms with Crippen LogP contribution < -0.4 is 19.7 Å². The minimum Gasteiger partial charge on any atom is -0.497 e. The quantitative estimate of drug-likeness (QED) is 0.509. The molecule has 31 heavy (non-hydrogen) atoms. The summed E-state index contributed by atoms with van der Waals surface area (Å²) in [6.07, 6.45) is -3.80. The zero-order valence-corrected chi connectivity index (χ0v) is 17.6. The summed E-state index contributed by atoms with van der Waals surface area (Å²) < 4.78 is 51.2. The van der Waals surface area contributed by atoms with Gasteiger partial charge in [-0.1, -0.05) is 0 Å². The second kappa shape index (κ2) is 9.11. The van der Waals surface area contributed by atoms with E-state index in [1.165, 1.54) is 7.11 Å². The van der Waals surface area contributed by atoms with Crippen LogP contribution in [0.1, 0.15) is 19.4 Å². The first-order valence-electron chi connectivity index (χ1n) is 9.53. The zero-order chi connectivity index (χ0) is 22.6. The van der Waals surface area contributed by atoms with Crippen molar-refractivity contribution in [3.05, 3.63) is 60.3 Å². The van der Waals surface area contributed by atoms with Gasteiger partial charge < -0.3 is 19.7 Å². The number of alkyl halides is 3. The lowest BCUT2D eigenvalue weighted by Gasteiger charge is -2.20. The van der Waals surface area contributed by atoms with Crippen LogP contribution in [0.2, 0.25) is 0 Å². The summed E-state index contributed by atoms with van der Waals surface area (Å²) in [7, 11) is 3.19. The number of nitrogens with zero attached hydrogens (tertiary/aromatic N) is 3. The van der Waals surface area contributed by atoms with Crippen LogP contribution in [-0.4, -0.2) is 30.2 Å². The Kier molecular flexibility index (Phi) is 6.53. The molecule has 0 aliphatic heterocycles. The number of benzene rings is 2. The summed E-state index contributed by atoms with van der Waals surface area (Å²) in [5, 5.41) is 2.73. The highest BCUT2D eigenvalue weighted by Crippen LogP contribution is 2.36. The van der Waals surface area contributed by atoms with Gasteiger partial charge in [0, 0.05) is 24.6 Å². The van der Waals surface area contributed by atoms with Gasteiger partial charge in [-0.05, 0) is 62.4 Å². The van der Waals surface area contributed by atoms with Crippen molar-refractivity contribution in [2.45, 2.75) is 26.1 Å². The van der Waals surface area contributed by atoms with Gasteiger partial charge in [0.25, 0.3) is 0 Å². The van der Waals surface area contributed by atoms with Crippen molar-refractivity contribution < 1.29 is 22.6 Å². The third-order valence-electron chi connectivity index (χ3n) is 4.33. The van der Waals surface area contributed by atoms with Crippen molar-refractivity contribution in [2.24, 2.45) is 0 Å². The van der Waals surface area contributed by atoms with E-state index in [1.54, 1.807) is 60.5 Å². The molecule has 1 aromatic heterocycles. The molecule has 1 heterocycles. The number of aromatic nitrogens is 2. The average molecular weight is 432 g/mol. The molecule has 6 nitrogen and oxygen atoms in total. The number of ether oxygens (including phenoxy) is 2. The average Bonchev–Trinajstić information content (AvgIpc) is 2.73. The molecule has 3 aromatic rings. The van der Waals surface area contributed by atoms with Gasteiger partial charge in [-0.15, -0.1) is 0 Å². The van der Waals surface area contributed by atoms with Gasteiger partial charge in [0.1, 0.15) is 22.9 Å². The molecule has 2 aromatic carbocycles. The smallest absolute Gasteiger partial charge is 0.421 e. The molecule has 0 unspecified atom stereocenters. The number of methoxy groups -OCH3 is 1. The first-order valence-corrected chi connectivity index (χ1v) is 9.53. The number of nitrogens with one attached hydrogen (secondary N) is 1. The Hall–Kier alpha value is -3.49. The highest BCUT2D eigenvalue weighted by Gasteiger charge is 2.35. The van der Waals surface area contributed by atoms with Crippen molar-refractivity contribution in [1.82, 2.24) is 9.97 Å². The Labute approximate surface area is 178 Å². The summed E-state index contributed by atoms with van der Waals surface area (Å²) in [4.78, 5) is 9.67. The fourth-order valence-corrected chi connectivity index (χ4v) is 2.78. The Morgan fingerprint density at radius 2 is 1.58 bits per heavy atom. The van der Waals surface area contributed by atoms with E-state index < -0.39 is 11.7 Å². The van der Waals surface area contributed by atoms with Crippen LogP contribution in [0.25, 0.3) is 0 Å². The van der Waals surface area contributed by atoms with E-state index in [4.69, 9.17) is 9.47 Å². The Morgan fingerprint density at radius 1 is 0.968 bits per heavy atom. The number of hydrogen-bond donors (Lipinski definition) is 1. The molecule has 9 heteroatoms. The lowest BCUT2D eigenvalue weighted by Crippen LogP contribution is -2.17. The Morgan fingerprint density at radius 3 is 2.13 bits per heavy atom. The molecule has 0 saturated carbocycles. The highest BCUT2D eigenvalue weighted by atomic mass is 19.4. The maximum Gasteiger partial charge on any atom is 0.421 e. The predicted octanol–water partition coefficient (Wildman–Crippen LogP) is 5.80. The van der Waals surface area contributed by atoms with E-state index in [9.17, 15) is 13.2 Å². The number of anilines is 4. The van der Waals surface area contributed by atoms with Crippen LogP contribution in [0.5, 0.6) is 11.5 Å². The van der Waals surface area contributed by atoms with Crippen LogP contribution in [0.15, 0.2) is 54.7 Å².